The summed E-state index contributed by atoms with van der Waals surface area (Å²) in [6.45, 7) is 0. The number of carbonyl (C=O) groups is 1. The molecule has 2 aromatic rings. The van der Waals surface area contributed by atoms with Crippen LogP contribution in [0.25, 0.3) is 0 Å². The van der Waals surface area contributed by atoms with Crippen LogP contribution in [-0.2, 0) is 10.0 Å². The lowest BCUT2D eigenvalue weighted by Gasteiger charge is -2.05. The smallest absolute Gasteiger partial charge is 0.271 e. The average molecular weight is 333 g/mol. The first-order valence-electron chi connectivity index (χ1n) is 6.54. The van der Waals surface area contributed by atoms with Gasteiger partial charge in [-0.25, -0.2) is 13.8 Å². The number of anilines is 1. The number of hydrazone groups is 1. The largest absolute Gasteiger partial charge is 0.507 e. The zero-order valence-electron chi connectivity index (χ0n) is 12.2. The zero-order valence-corrected chi connectivity index (χ0v) is 13.0. The Balaban J connectivity index is 2.00. The summed E-state index contributed by atoms with van der Waals surface area (Å²) in [5.74, 6) is -0.399. The highest BCUT2D eigenvalue weighted by Gasteiger charge is 2.06. The Morgan fingerprint density at radius 1 is 1.13 bits per heavy atom. The summed E-state index contributed by atoms with van der Waals surface area (Å²) in [7, 11) is -3.36. The number of phenols is 1. The van der Waals surface area contributed by atoms with Gasteiger partial charge in [-0.05, 0) is 36.4 Å². The van der Waals surface area contributed by atoms with E-state index in [2.05, 4.69) is 15.2 Å². The molecule has 0 atom stereocenters. The third kappa shape index (κ3) is 5.11. The highest BCUT2D eigenvalue weighted by molar-refractivity contribution is 7.92. The molecule has 7 nitrogen and oxygen atoms in total. The van der Waals surface area contributed by atoms with Crippen molar-refractivity contribution in [3.63, 3.8) is 0 Å². The van der Waals surface area contributed by atoms with Gasteiger partial charge in [0.25, 0.3) is 5.91 Å². The number of sulfonamides is 1. The minimum atomic E-state index is -3.36. The quantitative estimate of drug-likeness (QED) is 0.569. The molecule has 3 N–H and O–H groups in total. The van der Waals surface area contributed by atoms with E-state index in [1.807, 2.05) is 0 Å². The molecular weight excluding hydrogens is 318 g/mol. The van der Waals surface area contributed by atoms with E-state index < -0.39 is 15.9 Å². The number of rotatable bonds is 5. The maximum absolute atomic E-state index is 11.9. The summed E-state index contributed by atoms with van der Waals surface area (Å²) in [5.41, 5.74) is 3.48. The Morgan fingerprint density at radius 3 is 2.39 bits per heavy atom. The highest BCUT2D eigenvalue weighted by Crippen LogP contribution is 2.13. The van der Waals surface area contributed by atoms with E-state index in [9.17, 15) is 18.3 Å². The van der Waals surface area contributed by atoms with Gasteiger partial charge in [-0.2, -0.15) is 5.10 Å². The van der Waals surface area contributed by atoms with Gasteiger partial charge in [-0.1, -0.05) is 12.1 Å². The topological polar surface area (TPSA) is 108 Å². The van der Waals surface area contributed by atoms with E-state index in [4.69, 9.17) is 0 Å². The van der Waals surface area contributed by atoms with Crippen LogP contribution in [0.1, 0.15) is 15.9 Å². The van der Waals surface area contributed by atoms with Gasteiger partial charge in [-0.15, -0.1) is 0 Å². The van der Waals surface area contributed by atoms with Crippen molar-refractivity contribution in [3.05, 3.63) is 59.7 Å². The fourth-order valence-corrected chi connectivity index (χ4v) is 2.29. The molecule has 0 bridgehead atoms. The molecule has 0 aliphatic rings. The molecule has 0 aromatic heterocycles. The fourth-order valence-electron chi connectivity index (χ4n) is 1.73. The lowest BCUT2D eigenvalue weighted by molar-refractivity contribution is 0.0955. The van der Waals surface area contributed by atoms with Gasteiger partial charge >= 0.3 is 0 Å². The SMILES string of the molecule is CS(=O)(=O)Nc1ccc(C(=O)N/N=C/c2ccccc2O)cc1. The Bertz CT molecular complexity index is 830. The molecule has 0 aliphatic carbocycles. The molecule has 0 saturated heterocycles. The van der Waals surface area contributed by atoms with Crippen LogP contribution in [0.2, 0.25) is 0 Å². The van der Waals surface area contributed by atoms with Crippen LogP contribution in [0.5, 0.6) is 5.75 Å². The van der Waals surface area contributed by atoms with Crippen LogP contribution in [-0.4, -0.2) is 31.9 Å². The molecule has 2 rings (SSSR count). The Labute approximate surface area is 133 Å². The Kier molecular flexibility index (Phi) is 4.97. The van der Waals surface area contributed by atoms with E-state index >= 15 is 0 Å². The second-order valence-corrected chi connectivity index (χ2v) is 6.46. The third-order valence-electron chi connectivity index (χ3n) is 2.76. The minimum Gasteiger partial charge on any atom is -0.507 e. The van der Waals surface area contributed by atoms with Gasteiger partial charge < -0.3 is 5.11 Å². The summed E-state index contributed by atoms with van der Waals surface area (Å²) >= 11 is 0. The number of amides is 1. The summed E-state index contributed by atoms with van der Waals surface area (Å²) in [6, 6.07) is 12.5. The number of aromatic hydroxyl groups is 1. The number of benzene rings is 2. The van der Waals surface area contributed by atoms with Crippen molar-refractivity contribution >= 4 is 27.8 Å². The van der Waals surface area contributed by atoms with Crippen molar-refractivity contribution in [1.82, 2.24) is 5.43 Å². The van der Waals surface area contributed by atoms with Crippen molar-refractivity contribution in [1.29, 1.82) is 0 Å². The van der Waals surface area contributed by atoms with Crippen molar-refractivity contribution < 1.29 is 18.3 Å². The van der Waals surface area contributed by atoms with E-state index in [-0.39, 0.29) is 5.75 Å². The first-order chi connectivity index (χ1) is 10.8. The molecule has 8 heteroatoms. The molecule has 0 spiro atoms. The van der Waals surface area contributed by atoms with Gasteiger partial charge in [0.1, 0.15) is 5.75 Å². The van der Waals surface area contributed by atoms with Crippen LogP contribution in [0.15, 0.2) is 53.6 Å². The van der Waals surface area contributed by atoms with Crippen LogP contribution in [0, 0.1) is 0 Å². The van der Waals surface area contributed by atoms with Crippen molar-refractivity contribution in [3.8, 4) is 5.75 Å². The second-order valence-electron chi connectivity index (χ2n) is 4.71. The van der Waals surface area contributed by atoms with Crippen LogP contribution in [0.3, 0.4) is 0 Å². The molecule has 23 heavy (non-hydrogen) atoms. The average Bonchev–Trinajstić information content (AvgIpc) is 2.48. The molecule has 0 aliphatic heterocycles. The first-order valence-corrected chi connectivity index (χ1v) is 8.43. The van der Waals surface area contributed by atoms with Gasteiger partial charge in [0.2, 0.25) is 10.0 Å². The van der Waals surface area contributed by atoms with Crippen LogP contribution < -0.4 is 10.1 Å². The molecule has 120 valence electrons. The summed E-state index contributed by atoms with van der Waals surface area (Å²) in [5, 5.41) is 13.3. The van der Waals surface area contributed by atoms with Gasteiger partial charge in [0.05, 0.1) is 12.5 Å². The van der Waals surface area contributed by atoms with Gasteiger partial charge in [-0.3, -0.25) is 9.52 Å². The third-order valence-corrected chi connectivity index (χ3v) is 3.36. The minimum absolute atomic E-state index is 0.0571. The molecule has 0 radical (unpaired) electrons. The Hall–Kier alpha value is -2.87. The molecule has 2 aromatic carbocycles. The maximum Gasteiger partial charge on any atom is 0.271 e. The second kappa shape index (κ2) is 6.93. The normalized spacial score (nSPS) is 11.3. The number of hydrogen-bond donors (Lipinski definition) is 3. The molecule has 0 saturated carbocycles. The summed E-state index contributed by atoms with van der Waals surface area (Å²) < 4.78 is 24.5. The predicted octanol–water partition coefficient (Wildman–Crippen LogP) is 1.53. The fraction of sp³-hybridized carbons (Fsp3) is 0.0667. The van der Waals surface area contributed by atoms with Crippen molar-refractivity contribution in [2.24, 2.45) is 5.10 Å². The van der Waals surface area contributed by atoms with Gasteiger partial charge in [0.15, 0.2) is 0 Å². The number of phenolic OH excluding ortho intramolecular Hbond substituents is 1. The van der Waals surface area contributed by atoms with E-state index in [0.29, 0.717) is 16.8 Å². The zero-order chi connectivity index (χ0) is 16.9. The van der Waals surface area contributed by atoms with Crippen molar-refractivity contribution in [2.75, 3.05) is 11.0 Å². The number of hydrogen-bond acceptors (Lipinski definition) is 5. The molecule has 1 amide bonds. The predicted molar refractivity (Wildman–Crippen MR) is 88.1 cm³/mol. The molecule has 0 heterocycles. The van der Waals surface area contributed by atoms with Crippen LogP contribution >= 0.6 is 0 Å². The summed E-state index contributed by atoms with van der Waals surface area (Å²) in [6.07, 6.45) is 2.37. The van der Waals surface area contributed by atoms with Crippen LogP contribution in [0.4, 0.5) is 5.69 Å². The van der Waals surface area contributed by atoms with E-state index in [1.165, 1.54) is 36.5 Å². The number of nitrogens with one attached hydrogen (secondary N) is 2. The van der Waals surface area contributed by atoms with Crippen molar-refractivity contribution in [2.45, 2.75) is 0 Å². The lowest BCUT2D eigenvalue weighted by atomic mass is 10.2. The summed E-state index contributed by atoms with van der Waals surface area (Å²) in [4.78, 5) is 11.9. The number of carbonyl (C=O) groups excluding carboxylic acids is 1. The standard InChI is InChI=1S/C15H15N3O4S/c1-23(21,22)18-13-8-6-11(7-9-13)15(20)17-16-10-12-4-2-3-5-14(12)19/h2-10,18-19H,1H3,(H,17,20)/b16-10+. The van der Waals surface area contributed by atoms with E-state index in [0.717, 1.165) is 6.26 Å². The monoisotopic (exact) mass is 333 g/mol. The van der Waals surface area contributed by atoms with E-state index in [1.54, 1.807) is 18.2 Å². The molecule has 0 fully saturated rings. The first kappa shape index (κ1) is 16.5. The van der Waals surface area contributed by atoms with Gasteiger partial charge in [0, 0.05) is 16.8 Å². The number of para-hydroxylation sites is 1. The Morgan fingerprint density at radius 2 is 1.78 bits per heavy atom. The highest BCUT2D eigenvalue weighted by atomic mass is 32.2. The molecular formula is C15H15N3O4S. The lowest BCUT2D eigenvalue weighted by Crippen LogP contribution is -2.17. The molecule has 0 unspecified atom stereocenters. The number of nitrogens with zero attached hydrogens (tertiary/aromatic N) is 1. The maximum atomic E-state index is 11.9.